The first-order valence-corrected chi connectivity index (χ1v) is 7.63. The molecule has 17 heavy (non-hydrogen) atoms. The van der Waals surface area contributed by atoms with Gasteiger partial charge in [-0.1, -0.05) is 45.7 Å². The lowest BCUT2D eigenvalue weighted by atomic mass is 10.1. The number of thiophene rings is 1. The summed E-state index contributed by atoms with van der Waals surface area (Å²) in [6.07, 6.45) is 0.931. The smallest absolute Gasteiger partial charge is 0.0532 e. The topological polar surface area (TPSA) is 0 Å². The Labute approximate surface area is 120 Å². The SMILES string of the molecule is Cc1cc(C)c(C(Br)Cc2ccccc2Cl)s1. The summed E-state index contributed by atoms with van der Waals surface area (Å²) in [6.45, 7) is 4.32. The molecule has 1 aromatic carbocycles. The van der Waals surface area contributed by atoms with E-state index in [9.17, 15) is 0 Å². The van der Waals surface area contributed by atoms with Crippen LogP contribution in [-0.4, -0.2) is 0 Å². The first-order valence-electron chi connectivity index (χ1n) is 5.52. The summed E-state index contributed by atoms with van der Waals surface area (Å²) < 4.78 is 0. The molecule has 2 aromatic rings. The molecule has 0 saturated heterocycles. The van der Waals surface area contributed by atoms with Crippen LogP contribution in [-0.2, 0) is 6.42 Å². The van der Waals surface area contributed by atoms with E-state index in [4.69, 9.17) is 11.6 Å². The fourth-order valence-corrected chi connectivity index (χ4v) is 4.14. The molecular weight excluding hydrogens is 316 g/mol. The molecule has 0 spiro atoms. The average molecular weight is 330 g/mol. The Morgan fingerprint density at radius 2 is 2.00 bits per heavy atom. The van der Waals surface area contributed by atoms with Gasteiger partial charge in [0.15, 0.2) is 0 Å². The molecule has 0 radical (unpaired) electrons. The normalized spacial score (nSPS) is 12.7. The van der Waals surface area contributed by atoms with Crippen molar-refractivity contribution < 1.29 is 0 Å². The molecule has 90 valence electrons. The molecule has 0 saturated carbocycles. The van der Waals surface area contributed by atoms with E-state index in [0.29, 0.717) is 4.83 Å². The summed E-state index contributed by atoms with van der Waals surface area (Å²) in [7, 11) is 0. The minimum Gasteiger partial charge on any atom is -0.144 e. The molecular formula is C14H14BrClS. The lowest BCUT2D eigenvalue weighted by molar-refractivity contribution is 0.961. The van der Waals surface area contributed by atoms with Crippen LogP contribution in [0.25, 0.3) is 0 Å². The second kappa shape index (κ2) is 5.55. The minimum absolute atomic E-state index is 0.348. The van der Waals surface area contributed by atoms with Crippen molar-refractivity contribution in [3.05, 3.63) is 56.2 Å². The summed E-state index contributed by atoms with van der Waals surface area (Å²) in [6, 6.07) is 10.3. The van der Waals surface area contributed by atoms with E-state index in [-0.39, 0.29) is 0 Å². The number of hydrogen-bond acceptors (Lipinski definition) is 1. The molecule has 0 amide bonds. The fraction of sp³-hybridized carbons (Fsp3) is 0.286. The lowest BCUT2D eigenvalue weighted by Crippen LogP contribution is -1.95. The standard InChI is InChI=1S/C14H14BrClS/c1-9-7-10(2)17-14(9)12(15)8-11-5-3-4-6-13(11)16/h3-7,12H,8H2,1-2H3. The van der Waals surface area contributed by atoms with E-state index in [2.05, 4.69) is 41.9 Å². The van der Waals surface area contributed by atoms with Crippen molar-refractivity contribution in [3.63, 3.8) is 0 Å². The van der Waals surface area contributed by atoms with Crippen molar-refractivity contribution in [3.8, 4) is 0 Å². The van der Waals surface area contributed by atoms with Gasteiger partial charge in [-0.15, -0.1) is 11.3 Å². The number of aryl methyl sites for hydroxylation is 2. The van der Waals surface area contributed by atoms with Gasteiger partial charge in [-0.2, -0.15) is 0 Å². The van der Waals surface area contributed by atoms with Crippen LogP contribution in [0.5, 0.6) is 0 Å². The van der Waals surface area contributed by atoms with E-state index in [1.165, 1.54) is 20.9 Å². The van der Waals surface area contributed by atoms with Crippen LogP contribution in [0.3, 0.4) is 0 Å². The Kier molecular flexibility index (Phi) is 4.29. The predicted molar refractivity (Wildman–Crippen MR) is 80.6 cm³/mol. The van der Waals surface area contributed by atoms with Gasteiger partial charge in [-0.05, 0) is 43.5 Å². The second-order valence-electron chi connectivity index (χ2n) is 4.17. The number of halogens is 2. The van der Waals surface area contributed by atoms with Gasteiger partial charge in [-0.25, -0.2) is 0 Å². The number of rotatable bonds is 3. The van der Waals surface area contributed by atoms with Crippen LogP contribution < -0.4 is 0 Å². The number of alkyl halides is 1. The van der Waals surface area contributed by atoms with Crippen LogP contribution in [0.15, 0.2) is 30.3 Å². The highest BCUT2D eigenvalue weighted by Gasteiger charge is 2.15. The summed E-state index contributed by atoms with van der Waals surface area (Å²) >= 11 is 11.8. The van der Waals surface area contributed by atoms with Crippen LogP contribution in [0.4, 0.5) is 0 Å². The molecule has 1 heterocycles. The first kappa shape index (κ1) is 13.1. The van der Waals surface area contributed by atoms with Gasteiger partial charge in [-0.3, -0.25) is 0 Å². The molecule has 0 aliphatic rings. The monoisotopic (exact) mass is 328 g/mol. The van der Waals surface area contributed by atoms with Crippen LogP contribution in [0, 0.1) is 13.8 Å². The zero-order valence-corrected chi connectivity index (χ0v) is 13.0. The second-order valence-corrected chi connectivity index (χ2v) is 6.97. The maximum Gasteiger partial charge on any atom is 0.0532 e. The molecule has 0 nitrogen and oxygen atoms in total. The summed E-state index contributed by atoms with van der Waals surface area (Å²) in [5.41, 5.74) is 2.56. The quantitative estimate of drug-likeness (QED) is 0.634. The van der Waals surface area contributed by atoms with Gasteiger partial charge < -0.3 is 0 Å². The van der Waals surface area contributed by atoms with Gasteiger partial charge in [0.1, 0.15) is 0 Å². The molecule has 0 aliphatic carbocycles. The Morgan fingerprint density at radius 3 is 2.59 bits per heavy atom. The molecule has 0 aliphatic heterocycles. The molecule has 0 fully saturated rings. The van der Waals surface area contributed by atoms with Crippen molar-refractivity contribution in [1.82, 2.24) is 0 Å². The predicted octanol–water partition coefficient (Wildman–Crippen LogP) is 5.70. The molecule has 2 rings (SSSR count). The van der Waals surface area contributed by atoms with Crippen molar-refractivity contribution in [2.45, 2.75) is 25.1 Å². The van der Waals surface area contributed by atoms with Crippen molar-refractivity contribution in [1.29, 1.82) is 0 Å². The van der Waals surface area contributed by atoms with E-state index in [1.54, 1.807) is 0 Å². The van der Waals surface area contributed by atoms with E-state index < -0.39 is 0 Å². The minimum atomic E-state index is 0.348. The number of hydrogen-bond donors (Lipinski definition) is 0. The van der Waals surface area contributed by atoms with E-state index >= 15 is 0 Å². The fourth-order valence-electron chi connectivity index (χ4n) is 1.92. The highest BCUT2D eigenvalue weighted by atomic mass is 79.9. The van der Waals surface area contributed by atoms with Crippen LogP contribution in [0.1, 0.15) is 25.7 Å². The summed E-state index contributed by atoms with van der Waals surface area (Å²) in [5.74, 6) is 0. The molecule has 0 N–H and O–H groups in total. The van der Waals surface area contributed by atoms with Gasteiger partial charge in [0.2, 0.25) is 0 Å². The summed E-state index contributed by atoms with van der Waals surface area (Å²) in [4.78, 5) is 3.12. The molecule has 1 atom stereocenters. The third kappa shape index (κ3) is 3.12. The Balaban J connectivity index is 2.20. The third-order valence-corrected chi connectivity index (χ3v) is 5.44. The molecule has 3 heteroatoms. The van der Waals surface area contributed by atoms with Gasteiger partial charge >= 0.3 is 0 Å². The highest BCUT2D eigenvalue weighted by molar-refractivity contribution is 9.09. The molecule has 0 bridgehead atoms. The maximum atomic E-state index is 6.18. The van der Waals surface area contributed by atoms with Gasteiger partial charge in [0.05, 0.1) is 4.83 Å². The lowest BCUT2D eigenvalue weighted by Gasteiger charge is -2.10. The largest absolute Gasteiger partial charge is 0.144 e. The maximum absolute atomic E-state index is 6.18. The average Bonchev–Trinajstić information content (AvgIpc) is 2.61. The van der Waals surface area contributed by atoms with Crippen molar-refractivity contribution >= 4 is 38.9 Å². The Morgan fingerprint density at radius 1 is 1.29 bits per heavy atom. The molecule has 1 unspecified atom stereocenters. The number of benzene rings is 1. The third-order valence-electron chi connectivity index (χ3n) is 2.72. The Bertz CT molecular complexity index is 519. The summed E-state index contributed by atoms with van der Waals surface area (Å²) in [5, 5.41) is 0.850. The van der Waals surface area contributed by atoms with Crippen molar-refractivity contribution in [2.24, 2.45) is 0 Å². The van der Waals surface area contributed by atoms with Gasteiger partial charge in [0, 0.05) is 14.8 Å². The zero-order valence-electron chi connectivity index (χ0n) is 9.84. The van der Waals surface area contributed by atoms with Gasteiger partial charge in [0.25, 0.3) is 0 Å². The van der Waals surface area contributed by atoms with E-state index in [0.717, 1.165) is 11.4 Å². The Hall–Kier alpha value is -0.310. The van der Waals surface area contributed by atoms with Crippen LogP contribution in [0.2, 0.25) is 5.02 Å². The van der Waals surface area contributed by atoms with Crippen LogP contribution >= 0.6 is 38.9 Å². The molecule has 1 aromatic heterocycles. The van der Waals surface area contributed by atoms with Crippen molar-refractivity contribution in [2.75, 3.05) is 0 Å². The first-order chi connectivity index (χ1) is 8.08. The zero-order chi connectivity index (χ0) is 12.4. The highest BCUT2D eigenvalue weighted by Crippen LogP contribution is 2.36. The van der Waals surface area contributed by atoms with E-state index in [1.807, 2.05) is 29.5 Å².